The second-order valence-electron chi connectivity index (χ2n) is 4.90. The lowest BCUT2D eigenvalue weighted by Crippen LogP contribution is -2.37. The summed E-state index contributed by atoms with van der Waals surface area (Å²) in [6, 6.07) is 8.17. The first-order chi connectivity index (χ1) is 9.31. The number of rotatable bonds is 6. The van der Waals surface area contributed by atoms with E-state index < -0.39 is 0 Å². The quantitative estimate of drug-likeness (QED) is 0.783. The van der Waals surface area contributed by atoms with Crippen molar-refractivity contribution in [3.8, 4) is 5.75 Å². The highest BCUT2D eigenvalue weighted by Gasteiger charge is 2.11. The number of ether oxygens (including phenoxy) is 2. The molecule has 0 aliphatic carbocycles. The molecule has 1 heterocycles. The molecule has 0 spiro atoms. The fourth-order valence-corrected chi connectivity index (χ4v) is 2.42. The Morgan fingerprint density at radius 2 is 2.00 bits per heavy atom. The number of methoxy groups -OCH3 is 1. The van der Waals surface area contributed by atoms with Crippen LogP contribution in [0.5, 0.6) is 5.75 Å². The second-order valence-corrected chi connectivity index (χ2v) is 4.90. The van der Waals surface area contributed by atoms with Crippen molar-refractivity contribution in [1.82, 2.24) is 4.90 Å². The molecule has 0 amide bonds. The van der Waals surface area contributed by atoms with Gasteiger partial charge in [-0.2, -0.15) is 0 Å². The largest absolute Gasteiger partial charge is 0.495 e. The fraction of sp³-hybridized carbons (Fsp3) is 0.600. The van der Waals surface area contributed by atoms with Crippen molar-refractivity contribution in [1.29, 1.82) is 0 Å². The van der Waals surface area contributed by atoms with E-state index in [4.69, 9.17) is 9.47 Å². The van der Waals surface area contributed by atoms with Gasteiger partial charge in [0.15, 0.2) is 0 Å². The predicted octanol–water partition coefficient (Wildman–Crippen LogP) is 1.85. The zero-order valence-corrected chi connectivity index (χ0v) is 12.0. The number of morpholine rings is 1. The molecule has 0 radical (unpaired) electrons. The van der Waals surface area contributed by atoms with E-state index in [-0.39, 0.29) is 0 Å². The van der Waals surface area contributed by atoms with Gasteiger partial charge in [0.05, 0.1) is 26.0 Å². The summed E-state index contributed by atoms with van der Waals surface area (Å²) in [6.07, 6.45) is 1.16. The molecule has 0 N–H and O–H groups in total. The molecule has 1 fully saturated rings. The minimum absolute atomic E-state index is 0.877. The maximum atomic E-state index is 5.39. The maximum Gasteiger partial charge on any atom is 0.142 e. The van der Waals surface area contributed by atoms with E-state index in [0.29, 0.717) is 0 Å². The first-order valence-electron chi connectivity index (χ1n) is 6.95. The Hall–Kier alpha value is -1.26. The molecule has 1 aromatic rings. The number of para-hydroxylation sites is 2. The Morgan fingerprint density at radius 1 is 1.26 bits per heavy atom. The van der Waals surface area contributed by atoms with Crippen molar-refractivity contribution in [2.75, 3.05) is 58.5 Å². The van der Waals surface area contributed by atoms with E-state index in [2.05, 4.69) is 29.0 Å². The summed E-state index contributed by atoms with van der Waals surface area (Å²) < 4.78 is 10.8. The molecular weight excluding hydrogens is 240 g/mol. The van der Waals surface area contributed by atoms with Gasteiger partial charge in [-0.1, -0.05) is 12.1 Å². The Morgan fingerprint density at radius 3 is 2.74 bits per heavy atom. The topological polar surface area (TPSA) is 24.9 Å². The fourth-order valence-electron chi connectivity index (χ4n) is 2.42. The molecule has 4 nitrogen and oxygen atoms in total. The SMILES string of the molecule is COc1ccccc1N(C)CCCN1CCOCC1. The lowest BCUT2D eigenvalue weighted by atomic mass is 10.2. The van der Waals surface area contributed by atoms with Crippen molar-refractivity contribution in [3.05, 3.63) is 24.3 Å². The zero-order valence-electron chi connectivity index (χ0n) is 12.0. The maximum absolute atomic E-state index is 5.39. The van der Waals surface area contributed by atoms with Gasteiger partial charge < -0.3 is 14.4 Å². The summed E-state index contributed by atoms with van der Waals surface area (Å²) in [6.45, 7) is 6.07. The molecule has 1 saturated heterocycles. The Balaban J connectivity index is 1.78. The molecule has 106 valence electrons. The van der Waals surface area contributed by atoms with Gasteiger partial charge in [-0.3, -0.25) is 4.90 Å². The molecule has 0 bridgehead atoms. The van der Waals surface area contributed by atoms with Crippen LogP contribution in [0.2, 0.25) is 0 Å². The van der Waals surface area contributed by atoms with Gasteiger partial charge in [0.2, 0.25) is 0 Å². The summed E-state index contributed by atoms with van der Waals surface area (Å²) in [5.41, 5.74) is 1.16. The predicted molar refractivity (Wildman–Crippen MR) is 78.1 cm³/mol. The van der Waals surface area contributed by atoms with Gasteiger partial charge in [-0.25, -0.2) is 0 Å². The second kappa shape index (κ2) is 7.36. The Kier molecular flexibility index (Phi) is 5.48. The van der Waals surface area contributed by atoms with Crippen LogP contribution < -0.4 is 9.64 Å². The van der Waals surface area contributed by atoms with Crippen LogP contribution in [0.3, 0.4) is 0 Å². The highest BCUT2D eigenvalue weighted by Crippen LogP contribution is 2.26. The van der Waals surface area contributed by atoms with Crippen LogP contribution in [0.1, 0.15) is 6.42 Å². The summed E-state index contributed by atoms with van der Waals surface area (Å²) in [5.74, 6) is 0.941. The van der Waals surface area contributed by atoms with E-state index in [0.717, 1.165) is 57.3 Å². The molecule has 0 atom stereocenters. The normalized spacial score (nSPS) is 16.3. The lowest BCUT2D eigenvalue weighted by Gasteiger charge is -2.28. The first-order valence-corrected chi connectivity index (χ1v) is 6.95. The van der Waals surface area contributed by atoms with Gasteiger partial charge in [0.1, 0.15) is 5.75 Å². The van der Waals surface area contributed by atoms with Crippen LogP contribution >= 0.6 is 0 Å². The number of nitrogens with zero attached hydrogens (tertiary/aromatic N) is 2. The van der Waals surface area contributed by atoms with Gasteiger partial charge in [0, 0.05) is 33.2 Å². The van der Waals surface area contributed by atoms with Crippen LogP contribution in [0.4, 0.5) is 5.69 Å². The average Bonchev–Trinajstić information content (AvgIpc) is 2.48. The number of benzene rings is 1. The number of hydrogen-bond donors (Lipinski definition) is 0. The summed E-state index contributed by atoms with van der Waals surface area (Å²) in [7, 11) is 3.84. The van der Waals surface area contributed by atoms with Crippen molar-refractivity contribution >= 4 is 5.69 Å². The molecule has 19 heavy (non-hydrogen) atoms. The standard InChI is InChI=1S/C15H24N2O2/c1-16(14-6-3-4-7-15(14)18-2)8-5-9-17-10-12-19-13-11-17/h3-4,6-7H,5,8-13H2,1-2H3. The molecule has 1 aliphatic heterocycles. The summed E-state index contributed by atoms with van der Waals surface area (Å²) in [4.78, 5) is 4.73. The molecule has 2 rings (SSSR count). The van der Waals surface area contributed by atoms with Crippen LogP contribution in [0, 0.1) is 0 Å². The smallest absolute Gasteiger partial charge is 0.142 e. The van der Waals surface area contributed by atoms with E-state index in [1.165, 1.54) is 0 Å². The van der Waals surface area contributed by atoms with Gasteiger partial charge >= 0.3 is 0 Å². The van der Waals surface area contributed by atoms with Gasteiger partial charge in [0.25, 0.3) is 0 Å². The zero-order chi connectivity index (χ0) is 13.5. The minimum atomic E-state index is 0.877. The Labute approximate surface area is 115 Å². The minimum Gasteiger partial charge on any atom is -0.495 e. The monoisotopic (exact) mass is 264 g/mol. The molecule has 0 saturated carbocycles. The highest BCUT2D eigenvalue weighted by molar-refractivity contribution is 5.57. The third-order valence-corrected chi connectivity index (χ3v) is 3.57. The van der Waals surface area contributed by atoms with Crippen molar-refractivity contribution in [2.45, 2.75) is 6.42 Å². The number of hydrogen-bond acceptors (Lipinski definition) is 4. The van der Waals surface area contributed by atoms with E-state index >= 15 is 0 Å². The molecule has 4 heteroatoms. The molecule has 1 aliphatic rings. The number of anilines is 1. The van der Waals surface area contributed by atoms with Crippen LogP contribution in [0.25, 0.3) is 0 Å². The van der Waals surface area contributed by atoms with Gasteiger partial charge in [-0.05, 0) is 18.6 Å². The summed E-state index contributed by atoms with van der Waals surface area (Å²) >= 11 is 0. The first kappa shape index (κ1) is 14.2. The molecule has 0 unspecified atom stereocenters. The van der Waals surface area contributed by atoms with Crippen molar-refractivity contribution in [3.63, 3.8) is 0 Å². The van der Waals surface area contributed by atoms with Crippen LogP contribution in [-0.4, -0.2) is 58.5 Å². The van der Waals surface area contributed by atoms with E-state index in [1.54, 1.807) is 7.11 Å². The van der Waals surface area contributed by atoms with Crippen LogP contribution in [0.15, 0.2) is 24.3 Å². The average molecular weight is 264 g/mol. The lowest BCUT2D eigenvalue weighted by molar-refractivity contribution is 0.0377. The van der Waals surface area contributed by atoms with Crippen molar-refractivity contribution in [2.24, 2.45) is 0 Å². The van der Waals surface area contributed by atoms with Crippen molar-refractivity contribution < 1.29 is 9.47 Å². The molecular formula is C15H24N2O2. The Bertz CT molecular complexity index is 378. The third-order valence-electron chi connectivity index (χ3n) is 3.57. The van der Waals surface area contributed by atoms with E-state index in [1.807, 2.05) is 12.1 Å². The molecule has 1 aromatic carbocycles. The van der Waals surface area contributed by atoms with Gasteiger partial charge in [-0.15, -0.1) is 0 Å². The summed E-state index contributed by atoms with van der Waals surface area (Å²) in [5, 5.41) is 0. The van der Waals surface area contributed by atoms with E-state index in [9.17, 15) is 0 Å². The molecule has 0 aromatic heterocycles. The third kappa shape index (κ3) is 4.11. The highest BCUT2D eigenvalue weighted by atomic mass is 16.5. The van der Waals surface area contributed by atoms with Crippen LogP contribution in [-0.2, 0) is 4.74 Å².